The lowest BCUT2D eigenvalue weighted by Crippen LogP contribution is -2.41. The van der Waals surface area contributed by atoms with Gasteiger partial charge in [-0.05, 0) is 52.8 Å². The molecule has 8 heteroatoms. The molecular formula is C26H22F3NO4. The number of aliphatic carboxylic acids is 1. The Kier molecular flexibility index (Phi) is 6.58. The van der Waals surface area contributed by atoms with Crippen molar-refractivity contribution in [1.29, 1.82) is 0 Å². The van der Waals surface area contributed by atoms with E-state index in [1.54, 1.807) is 0 Å². The number of hydrogen-bond acceptors (Lipinski definition) is 3. The SMILES string of the molecule is O=C(N[C@H](CCc1ccc(C(F)(F)F)cc1)C(=O)O)OCC1c2ccccc2-c2ccccc21. The van der Waals surface area contributed by atoms with Crippen LogP contribution in [-0.2, 0) is 22.1 Å². The number of carboxylic acids is 1. The Morgan fingerprint density at radius 1 is 0.912 bits per heavy atom. The third kappa shape index (κ3) is 5.06. The van der Waals surface area contributed by atoms with Crippen LogP contribution in [0.5, 0.6) is 0 Å². The number of hydrogen-bond donors (Lipinski definition) is 2. The maximum Gasteiger partial charge on any atom is 0.416 e. The summed E-state index contributed by atoms with van der Waals surface area (Å²) < 4.78 is 43.5. The average molecular weight is 469 g/mol. The quantitative estimate of drug-likeness (QED) is 0.470. The predicted molar refractivity (Wildman–Crippen MR) is 119 cm³/mol. The second-order valence-electron chi connectivity index (χ2n) is 8.09. The number of rotatable bonds is 7. The second kappa shape index (κ2) is 9.59. The summed E-state index contributed by atoms with van der Waals surface area (Å²) in [5, 5.41) is 11.8. The Bertz CT molecular complexity index is 1150. The molecule has 0 fully saturated rings. The van der Waals surface area contributed by atoms with E-state index in [1.807, 2.05) is 48.5 Å². The van der Waals surface area contributed by atoms with Gasteiger partial charge in [0.15, 0.2) is 0 Å². The van der Waals surface area contributed by atoms with Gasteiger partial charge in [-0.1, -0.05) is 60.7 Å². The summed E-state index contributed by atoms with van der Waals surface area (Å²) in [6.45, 7) is 0.0467. The molecule has 5 nitrogen and oxygen atoms in total. The van der Waals surface area contributed by atoms with Gasteiger partial charge in [-0.25, -0.2) is 9.59 Å². The highest BCUT2D eigenvalue weighted by Gasteiger charge is 2.31. The maximum atomic E-state index is 12.7. The standard InChI is InChI=1S/C26H22F3NO4/c27-26(28,29)17-12-9-16(10-13-17)11-14-23(24(31)32)30-25(33)34-15-22-20-7-3-1-5-18(20)19-6-2-4-8-21(19)22/h1-10,12-13,22-23H,11,14-15H2,(H,30,33)(H,31,32)/t23-/m1/s1. The van der Waals surface area contributed by atoms with Crippen molar-refractivity contribution >= 4 is 12.1 Å². The first-order valence-corrected chi connectivity index (χ1v) is 10.7. The zero-order valence-corrected chi connectivity index (χ0v) is 18.0. The third-order valence-corrected chi connectivity index (χ3v) is 5.94. The Morgan fingerprint density at radius 2 is 1.47 bits per heavy atom. The van der Waals surface area contributed by atoms with Gasteiger partial charge in [0, 0.05) is 5.92 Å². The van der Waals surface area contributed by atoms with Gasteiger partial charge in [0.1, 0.15) is 12.6 Å². The molecule has 0 saturated heterocycles. The number of alkyl carbamates (subject to hydrolysis) is 1. The van der Waals surface area contributed by atoms with Crippen molar-refractivity contribution in [3.05, 3.63) is 95.1 Å². The lowest BCUT2D eigenvalue weighted by Gasteiger charge is -2.17. The number of nitrogens with one attached hydrogen (secondary N) is 1. The van der Waals surface area contributed by atoms with Crippen LogP contribution in [-0.4, -0.2) is 29.8 Å². The van der Waals surface area contributed by atoms with Crippen molar-refractivity contribution < 1.29 is 32.6 Å². The molecule has 34 heavy (non-hydrogen) atoms. The topological polar surface area (TPSA) is 75.6 Å². The van der Waals surface area contributed by atoms with Crippen molar-refractivity contribution in [3.63, 3.8) is 0 Å². The van der Waals surface area contributed by atoms with E-state index in [9.17, 15) is 27.9 Å². The number of alkyl halides is 3. The third-order valence-electron chi connectivity index (χ3n) is 5.94. The van der Waals surface area contributed by atoms with E-state index in [4.69, 9.17) is 4.74 Å². The number of fused-ring (bicyclic) bond motifs is 3. The maximum absolute atomic E-state index is 12.7. The fraction of sp³-hybridized carbons (Fsp3) is 0.231. The first-order chi connectivity index (χ1) is 16.2. The molecule has 4 rings (SSSR count). The number of carbonyl (C=O) groups excluding carboxylic acids is 1. The molecule has 1 aliphatic carbocycles. The molecule has 3 aromatic rings. The van der Waals surface area contributed by atoms with Crippen LogP contribution in [0.3, 0.4) is 0 Å². The van der Waals surface area contributed by atoms with E-state index in [-0.39, 0.29) is 25.4 Å². The zero-order chi connectivity index (χ0) is 24.3. The molecule has 0 saturated carbocycles. The molecule has 0 spiro atoms. The predicted octanol–water partition coefficient (Wildman–Crippen LogP) is 5.63. The highest BCUT2D eigenvalue weighted by molar-refractivity contribution is 5.81. The first-order valence-electron chi connectivity index (χ1n) is 10.7. The second-order valence-corrected chi connectivity index (χ2v) is 8.09. The number of halogens is 3. The fourth-order valence-electron chi connectivity index (χ4n) is 4.21. The normalized spacial score (nSPS) is 13.6. The van der Waals surface area contributed by atoms with Crippen LogP contribution in [0, 0.1) is 0 Å². The lowest BCUT2D eigenvalue weighted by molar-refractivity contribution is -0.139. The fourth-order valence-corrected chi connectivity index (χ4v) is 4.21. The molecular weight excluding hydrogens is 447 g/mol. The molecule has 1 amide bonds. The summed E-state index contributed by atoms with van der Waals surface area (Å²) in [7, 11) is 0. The van der Waals surface area contributed by atoms with Gasteiger partial charge in [-0.15, -0.1) is 0 Å². The van der Waals surface area contributed by atoms with Gasteiger partial charge in [-0.3, -0.25) is 0 Å². The van der Waals surface area contributed by atoms with Crippen LogP contribution in [0.4, 0.5) is 18.0 Å². The molecule has 0 aliphatic heterocycles. The van der Waals surface area contributed by atoms with Crippen molar-refractivity contribution in [2.45, 2.75) is 31.0 Å². The van der Waals surface area contributed by atoms with E-state index in [0.717, 1.165) is 34.4 Å². The monoisotopic (exact) mass is 469 g/mol. The van der Waals surface area contributed by atoms with E-state index in [1.165, 1.54) is 12.1 Å². The summed E-state index contributed by atoms with van der Waals surface area (Å²) in [6, 6.07) is 19.0. The number of benzene rings is 3. The highest BCUT2D eigenvalue weighted by Crippen LogP contribution is 2.44. The summed E-state index contributed by atoms with van der Waals surface area (Å²) in [5.74, 6) is -1.41. The number of carboxylic acid groups (broad SMARTS) is 1. The highest BCUT2D eigenvalue weighted by atomic mass is 19.4. The van der Waals surface area contributed by atoms with Crippen LogP contribution in [0.15, 0.2) is 72.8 Å². The van der Waals surface area contributed by atoms with Crippen LogP contribution in [0.1, 0.15) is 34.6 Å². The Hall–Kier alpha value is -3.81. The van der Waals surface area contributed by atoms with E-state index in [2.05, 4.69) is 5.32 Å². The van der Waals surface area contributed by atoms with Crippen molar-refractivity contribution in [3.8, 4) is 11.1 Å². The molecule has 0 bridgehead atoms. The van der Waals surface area contributed by atoms with Gasteiger partial charge in [0.2, 0.25) is 0 Å². The molecule has 3 aromatic carbocycles. The van der Waals surface area contributed by atoms with Crippen LogP contribution < -0.4 is 5.32 Å². The van der Waals surface area contributed by atoms with Crippen LogP contribution in [0.25, 0.3) is 11.1 Å². The van der Waals surface area contributed by atoms with E-state index < -0.39 is 29.8 Å². The van der Waals surface area contributed by atoms with Gasteiger partial charge >= 0.3 is 18.2 Å². The molecule has 0 aromatic heterocycles. The summed E-state index contributed by atoms with van der Waals surface area (Å²) in [6.07, 6.45) is -5.11. The van der Waals surface area contributed by atoms with E-state index >= 15 is 0 Å². The summed E-state index contributed by atoms with van der Waals surface area (Å²) in [4.78, 5) is 24.0. The summed E-state index contributed by atoms with van der Waals surface area (Å²) in [5.41, 5.74) is 3.98. The molecule has 1 aliphatic rings. The van der Waals surface area contributed by atoms with Crippen LogP contribution >= 0.6 is 0 Å². The average Bonchev–Trinajstić information content (AvgIpc) is 3.13. The van der Waals surface area contributed by atoms with E-state index in [0.29, 0.717) is 5.56 Å². The van der Waals surface area contributed by atoms with Gasteiger partial charge in [-0.2, -0.15) is 13.2 Å². The Morgan fingerprint density at radius 3 is 2.00 bits per heavy atom. The zero-order valence-electron chi connectivity index (χ0n) is 18.0. The number of aryl methyl sites for hydroxylation is 1. The van der Waals surface area contributed by atoms with Gasteiger partial charge in [0.25, 0.3) is 0 Å². The van der Waals surface area contributed by atoms with Crippen molar-refractivity contribution in [2.75, 3.05) is 6.61 Å². The summed E-state index contributed by atoms with van der Waals surface area (Å²) >= 11 is 0. The minimum Gasteiger partial charge on any atom is -0.480 e. The van der Waals surface area contributed by atoms with Gasteiger partial charge in [0.05, 0.1) is 5.56 Å². The smallest absolute Gasteiger partial charge is 0.416 e. The Labute approximate surface area is 194 Å². The largest absolute Gasteiger partial charge is 0.480 e. The minimum atomic E-state index is -4.44. The number of carbonyl (C=O) groups is 2. The molecule has 0 radical (unpaired) electrons. The molecule has 2 N–H and O–H groups in total. The molecule has 176 valence electrons. The lowest BCUT2D eigenvalue weighted by atomic mass is 9.98. The molecule has 0 unspecified atom stereocenters. The first kappa shape index (κ1) is 23.4. The van der Waals surface area contributed by atoms with Crippen LogP contribution in [0.2, 0.25) is 0 Å². The van der Waals surface area contributed by atoms with Crippen molar-refractivity contribution in [2.24, 2.45) is 0 Å². The number of amides is 1. The Balaban J connectivity index is 1.35. The minimum absolute atomic E-state index is 0.00485. The molecule has 1 atom stereocenters. The van der Waals surface area contributed by atoms with Gasteiger partial charge < -0.3 is 15.2 Å². The molecule has 0 heterocycles. The number of ether oxygens (including phenoxy) is 1. The van der Waals surface area contributed by atoms with Crippen molar-refractivity contribution in [1.82, 2.24) is 5.32 Å².